The van der Waals surface area contributed by atoms with Crippen LogP contribution in [-0.2, 0) is 0 Å². The van der Waals surface area contributed by atoms with Crippen molar-refractivity contribution in [2.75, 3.05) is 32.7 Å². The lowest BCUT2D eigenvalue weighted by Gasteiger charge is -2.16. The summed E-state index contributed by atoms with van der Waals surface area (Å²) in [5.41, 5.74) is 0. The van der Waals surface area contributed by atoms with Crippen molar-refractivity contribution >= 4 is 0 Å². The van der Waals surface area contributed by atoms with Crippen molar-refractivity contribution in [3.05, 3.63) is 0 Å². The third-order valence-corrected chi connectivity index (χ3v) is 4.04. The van der Waals surface area contributed by atoms with Gasteiger partial charge in [0.1, 0.15) is 0 Å². The predicted molar refractivity (Wildman–Crippen MR) is 65.0 cm³/mol. The van der Waals surface area contributed by atoms with Crippen molar-refractivity contribution in [1.29, 1.82) is 0 Å². The molecule has 0 aromatic rings. The van der Waals surface area contributed by atoms with Crippen LogP contribution in [0.1, 0.15) is 39.0 Å². The number of likely N-dealkylation sites (tertiary alicyclic amines) is 1. The first-order valence-electron chi connectivity index (χ1n) is 6.77. The van der Waals surface area contributed by atoms with Crippen molar-refractivity contribution in [2.24, 2.45) is 11.8 Å². The molecule has 0 aromatic carbocycles. The number of nitrogens with zero attached hydrogens (tertiary/aromatic N) is 1. The van der Waals surface area contributed by atoms with Crippen molar-refractivity contribution in [3.63, 3.8) is 0 Å². The van der Waals surface area contributed by atoms with Crippen molar-refractivity contribution in [2.45, 2.75) is 39.0 Å². The first kappa shape index (κ1) is 11.4. The Bertz CT molecular complexity index is 175. The summed E-state index contributed by atoms with van der Waals surface area (Å²) in [7, 11) is 0. The molecule has 2 aliphatic rings. The average Bonchev–Trinajstić information content (AvgIpc) is 2.84. The maximum atomic E-state index is 3.63. The first-order chi connectivity index (χ1) is 7.34. The largest absolute Gasteiger partial charge is 0.315 e. The van der Waals surface area contributed by atoms with E-state index in [9.17, 15) is 0 Å². The van der Waals surface area contributed by atoms with Gasteiger partial charge in [-0.3, -0.25) is 0 Å². The van der Waals surface area contributed by atoms with Gasteiger partial charge in [-0.15, -0.1) is 0 Å². The zero-order chi connectivity index (χ0) is 10.5. The van der Waals surface area contributed by atoms with Gasteiger partial charge in [0.05, 0.1) is 0 Å². The van der Waals surface area contributed by atoms with E-state index in [4.69, 9.17) is 0 Å². The molecule has 15 heavy (non-hydrogen) atoms. The van der Waals surface area contributed by atoms with E-state index in [-0.39, 0.29) is 0 Å². The molecule has 0 bridgehead atoms. The molecule has 1 aliphatic carbocycles. The van der Waals surface area contributed by atoms with Crippen LogP contribution < -0.4 is 5.32 Å². The average molecular weight is 210 g/mol. The fourth-order valence-electron chi connectivity index (χ4n) is 3.06. The second-order valence-electron chi connectivity index (χ2n) is 5.54. The molecule has 1 N–H and O–H groups in total. The SMILES string of the molecule is CC1CCC(CNCCN2CCCC2)C1. The molecule has 0 radical (unpaired) electrons. The second-order valence-corrected chi connectivity index (χ2v) is 5.54. The van der Waals surface area contributed by atoms with E-state index in [1.807, 2.05) is 0 Å². The summed E-state index contributed by atoms with van der Waals surface area (Å²) in [6, 6.07) is 0. The third kappa shape index (κ3) is 3.76. The molecule has 2 nitrogen and oxygen atoms in total. The summed E-state index contributed by atoms with van der Waals surface area (Å²) in [6.45, 7) is 8.79. The Kier molecular flexibility index (Phi) is 4.45. The van der Waals surface area contributed by atoms with Gasteiger partial charge in [0.15, 0.2) is 0 Å². The van der Waals surface area contributed by atoms with Gasteiger partial charge in [-0.2, -0.15) is 0 Å². The van der Waals surface area contributed by atoms with Gasteiger partial charge in [0.25, 0.3) is 0 Å². The van der Waals surface area contributed by atoms with Crippen molar-refractivity contribution < 1.29 is 0 Å². The van der Waals surface area contributed by atoms with Crippen LogP contribution in [0, 0.1) is 11.8 Å². The van der Waals surface area contributed by atoms with Crippen LogP contribution in [0.25, 0.3) is 0 Å². The van der Waals surface area contributed by atoms with E-state index in [0.717, 1.165) is 11.8 Å². The van der Waals surface area contributed by atoms with Gasteiger partial charge in [0.2, 0.25) is 0 Å². The van der Waals surface area contributed by atoms with Gasteiger partial charge in [-0.05, 0) is 57.2 Å². The summed E-state index contributed by atoms with van der Waals surface area (Å²) >= 11 is 0. The highest BCUT2D eigenvalue weighted by atomic mass is 15.1. The number of hydrogen-bond donors (Lipinski definition) is 1. The molecule has 2 unspecified atom stereocenters. The summed E-state index contributed by atoms with van der Waals surface area (Å²) in [5, 5.41) is 3.63. The molecule has 2 rings (SSSR count). The predicted octanol–water partition coefficient (Wildman–Crippen LogP) is 2.11. The zero-order valence-electron chi connectivity index (χ0n) is 10.2. The third-order valence-electron chi connectivity index (χ3n) is 4.04. The van der Waals surface area contributed by atoms with Crippen LogP contribution in [0.5, 0.6) is 0 Å². The Morgan fingerprint density at radius 3 is 2.67 bits per heavy atom. The van der Waals surface area contributed by atoms with Crippen LogP contribution in [-0.4, -0.2) is 37.6 Å². The molecule has 2 atom stereocenters. The number of hydrogen-bond acceptors (Lipinski definition) is 2. The van der Waals surface area contributed by atoms with E-state index in [1.165, 1.54) is 64.8 Å². The molecule has 1 saturated carbocycles. The number of nitrogens with one attached hydrogen (secondary N) is 1. The summed E-state index contributed by atoms with van der Waals surface area (Å²) in [4.78, 5) is 2.59. The molecule has 2 heteroatoms. The highest BCUT2D eigenvalue weighted by Crippen LogP contribution is 2.29. The number of rotatable bonds is 5. The lowest BCUT2D eigenvalue weighted by Crippen LogP contribution is -2.32. The zero-order valence-corrected chi connectivity index (χ0v) is 10.2. The van der Waals surface area contributed by atoms with E-state index >= 15 is 0 Å². The monoisotopic (exact) mass is 210 g/mol. The Morgan fingerprint density at radius 1 is 1.20 bits per heavy atom. The van der Waals surface area contributed by atoms with E-state index < -0.39 is 0 Å². The van der Waals surface area contributed by atoms with E-state index in [0.29, 0.717) is 0 Å². The van der Waals surface area contributed by atoms with Gasteiger partial charge < -0.3 is 10.2 Å². The molecule has 2 fully saturated rings. The normalized spacial score (nSPS) is 32.6. The van der Waals surface area contributed by atoms with Crippen LogP contribution in [0.15, 0.2) is 0 Å². The Balaban J connectivity index is 1.48. The van der Waals surface area contributed by atoms with E-state index in [2.05, 4.69) is 17.1 Å². The van der Waals surface area contributed by atoms with Gasteiger partial charge in [-0.25, -0.2) is 0 Å². The second kappa shape index (κ2) is 5.86. The molecule has 1 heterocycles. The summed E-state index contributed by atoms with van der Waals surface area (Å²) in [5.74, 6) is 1.95. The van der Waals surface area contributed by atoms with Gasteiger partial charge in [-0.1, -0.05) is 13.3 Å². The highest BCUT2D eigenvalue weighted by Gasteiger charge is 2.20. The van der Waals surface area contributed by atoms with Crippen LogP contribution >= 0.6 is 0 Å². The highest BCUT2D eigenvalue weighted by molar-refractivity contribution is 4.75. The lowest BCUT2D eigenvalue weighted by atomic mass is 10.1. The lowest BCUT2D eigenvalue weighted by molar-refractivity contribution is 0.330. The molecule has 88 valence electrons. The minimum Gasteiger partial charge on any atom is -0.315 e. The van der Waals surface area contributed by atoms with Crippen LogP contribution in [0.3, 0.4) is 0 Å². The molecule has 0 amide bonds. The Labute approximate surface area is 94.4 Å². The molecule has 1 aliphatic heterocycles. The van der Waals surface area contributed by atoms with Gasteiger partial charge in [0, 0.05) is 13.1 Å². The minimum absolute atomic E-state index is 0.971. The molecular formula is C13H26N2. The molecule has 0 spiro atoms. The smallest absolute Gasteiger partial charge is 0.0107 e. The first-order valence-corrected chi connectivity index (χ1v) is 6.77. The van der Waals surface area contributed by atoms with E-state index in [1.54, 1.807) is 0 Å². The molecular weight excluding hydrogens is 184 g/mol. The Hall–Kier alpha value is -0.0800. The van der Waals surface area contributed by atoms with Crippen molar-refractivity contribution in [3.8, 4) is 0 Å². The summed E-state index contributed by atoms with van der Waals surface area (Å²) in [6.07, 6.45) is 7.20. The maximum absolute atomic E-state index is 3.63. The summed E-state index contributed by atoms with van der Waals surface area (Å²) < 4.78 is 0. The van der Waals surface area contributed by atoms with Crippen LogP contribution in [0.2, 0.25) is 0 Å². The molecule has 1 saturated heterocycles. The topological polar surface area (TPSA) is 15.3 Å². The standard InChI is InChI=1S/C13H26N2/c1-12-4-5-13(10-12)11-14-6-9-15-7-2-3-8-15/h12-14H,2-11H2,1H3. The quantitative estimate of drug-likeness (QED) is 0.699. The fourth-order valence-corrected chi connectivity index (χ4v) is 3.06. The van der Waals surface area contributed by atoms with Gasteiger partial charge >= 0.3 is 0 Å². The maximum Gasteiger partial charge on any atom is 0.0107 e. The fraction of sp³-hybridized carbons (Fsp3) is 1.00. The van der Waals surface area contributed by atoms with Crippen LogP contribution in [0.4, 0.5) is 0 Å². The minimum atomic E-state index is 0.971. The Morgan fingerprint density at radius 2 is 2.00 bits per heavy atom. The van der Waals surface area contributed by atoms with Crippen molar-refractivity contribution in [1.82, 2.24) is 10.2 Å². The molecule has 0 aromatic heterocycles.